The van der Waals surface area contributed by atoms with Gasteiger partial charge in [0.25, 0.3) is 0 Å². The Balaban J connectivity index is 1.82. The number of amides is 2. The van der Waals surface area contributed by atoms with E-state index in [-0.39, 0.29) is 24.6 Å². The molecule has 2 amide bonds. The second-order valence-corrected chi connectivity index (χ2v) is 9.64. The molecule has 38 heavy (non-hydrogen) atoms. The molecule has 0 spiro atoms. The molecule has 222 valence electrons. The summed E-state index contributed by atoms with van der Waals surface area (Å²) in [6.45, 7) is -0.994. The molecule has 2 heterocycles. The van der Waals surface area contributed by atoms with Gasteiger partial charge in [-0.1, -0.05) is 0 Å². The van der Waals surface area contributed by atoms with E-state index in [9.17, 15) is 40.2 Å². The molecule has 0 bridgehead atoms. The quantitative estimate of drug-likeness (QED) is 0.0702. The van der Waals surface area contributed by atoms with Gasteiger partial charge in [0.1, 0.15) is 48.7 Å². The highest BCUT2D eigenvalue weighted by Gasteiger charge is 2.46. The predicted molar refractivity (Wildman–Crippen MR) is 135 cm³/mol. The van der Waals surface area contributed by atoms with Gasteiger partial charge in [0.15, 0.2) is 12.6 Å². The van der Waals surface area contributed by atoms with E-state index in [0.29, 0.717) is 0 Å². The average molecular weight is 591 g/mol. The number of nitrogens with one attached hydrogen (secondary N) is 4. The van der Waals surface area contributed by atoms with Crippen LogP contribution >= 0.6 is 25.3 Å². The first kappa shape index (κ1) is 33.4. The van der Waals surface area contributed by atoms with Crippen molar-refractivity contribution in [1.29, 1.82) is 0 Å². The number of rotatable bonds is 13. The first-order valence-electron chi connectivity index (χ1n) is 11.9. The summed E-state index contributed by atoms with van der Waals surface area (Å²) in [5.41, 5.74) is 0. The van der Waals surface area contributed by atoms with Crippen LogP contribution in [0.3, 0.4) is 0 Å². The SMILES string of the molecule is O=C(N[C@H]1C(O)O[C@H](CO)[C@@H](O)[C@@H]1O)[C@H](CS)NCCN[C@@H](CS)C(=O)N[C@H]1C(O)O[C@H](CO)[C@@H](O)[C@@H]1O. The summed E-state index contributed by atoms with van der Waals surface area (Å²) in [6, 6.07) is -4.52. The summed E-state index contributed by atoms with van der Waals surface area (Å²) in [5.74, 6) is -1.30. The monoisotopic (exact) mass is 590 g/mol. The Kier molecular flexibility index (Phi) is 13.9. The Hall–Kier alpha value is -0.840. The fourth-order valence-electron chi connectivity index (χ4n) is 4.01. The molecule has 0 aliphatic carbocycles. The molecule has 0 aromatic heterocycles. The maximum atomic E-state index is 12.6. The Bertz CT molecular complexity index is 701. The Labute approximate surface area is 229 Å². The van der Waals surface area contributed by atoms with Crippen molar-refractivity contribution in [3.05, 3.63) is 0 Å². The molecular weight excluding hydrogens is 552 g/mol. The van der Waals surface area contributed by atoms with Gasteiger partial charge in [-0.25, -0.2) is 0 Å². The van der Waals surface area contributed by atoms with Crippen LogP contribution in [-0.4, -0.2) is 164 Å². The third kappa shape index (κ3) is 8.33. The highest BCUT2D eigenvalue weighted by atomic mass is 32.1. The first-order chi connectivity index (χ1) is 18.0. The van der Waals surface area contributed by atoms with Crippen molar-refractivity contribution >= 4 is 37.1 Å². The summed E-state index contributed by atoms with van der Waals surface area (Å²) in [6.07, 6.45) is -12.0. The molecule has 16 nitrogen and oxygen atoms in total. The van der Waals surface area contributed by atoms with Gasteiger partial charge in [0.2, 0.25) is 11.8 Å². The van der Waals surface area contributed by atoms with Gasteiger partial charge in [-0.05, 0) is 0 Å². The topological polar surface area (TPSA) is 263 Å². The Morgan fingerprint density at radius 1 is 0.658 bits per heavy atom. The van der Waals surface area contributed by atoms with E-state index in [1.807, 2.05) is 0 Å². The van der Waals surface area contributed by atoms with Gasteiger partial charge < -0.3 is 71.6 Å². The first-order valence-corrected chi connectivity index (χ1v) is 13.2. The number of hydrogen-bond donors (Lipinski definition) is 14. The van der Waals surface area contributed by atoms with Crippen LogP contribution in [0.15, 0.2) is 0 Å². The minimum Gasteiger partial charge on any atom is -0.394 e. The van der Waals surface area contributed by atoms with Gasteiger partial charge in [-0.2, -0.15) is 25.3 Å². The third-order valence-corrected chi connectivity index (χ3v) is 7.05. The summed E-state index contributed by atoms with van der Waals surface area (Å²) < 4.78 is 10.0. The molecular formula is C20H38N4O12S2. The van der Waals surface area contributed by atoms with E-state index < -0.39 is 98.4 Å². The van der Waals surface area contributed by atoms with Crippen LogP contribution in [0.1, 0.15) is 0 Å². The zero-order chi connectivity index (χ0) is 28.6. The lowest BCUT2D eigenvalue weighted by Gasteiger charge is -2.40. The van der Waals surface area contributed by atoms with Crippen molar-refractivity contribution < 1.29 is 59.9 Å². The summed E-state index contributed by atoms with van der Waals surface area (Å²) in [5, 5.41) is 89.2. The normalized spacial score (nSPS) is 37.3. The summed E-state index contributed by atoms with van der Waals surface area (Å²) in [4.78, 5) is 25.2. The zero-order valence-corrected chi connectivity index (χ0v) is 22.1. The van der Waals surface area contributed by atoms with Crippen molar-refractivity contribution in [3.63, 3.8) is 0 Å². The Morgan fingerprint density at radius 3 is 1.29 bits per heavy atom. The zero-order valence-electron chi connectivity index (χ0n) is 20.3. The fraction of sp³-hybridized carbons (Fsp3) is 0.900. The fourth-order valence-corrected chi connectivity index (χ4v) is 4.60. The summed E-state index contributed by atoms with van der Waals surface area (Å²) >= 11 is 8.23. The molecule has 0 aromatic carbocycles. The van der Waals surface area contributed by atoms with Gasteiger partial charge in [-0.3, -0.25) is 9.59 Å². The largest absolute Gasteiger partial charge is 0.394 e. The van der Waals surface area contributed by atoms with Crippen LogP contribution in [-0.2, 0) is 19.1 Å². The second-order valence-electron chi connectivity index (χ2n) is 8.91. The van der Waals surface area contributed by atoms with Gasteiger partial charge in [0, 0.05) is 24.6 Å². The van der Waals surface area contributed by atoms with E-state index in [1.54, 1.807) is 0 Å². The molecule has 18 heteroatoms. The molecule has 2 fully saturated rings. The molecule has 0 radical (unpaired) electrons. The maximum Gasteiger partial charge on any atom is 0.238 e. The predicted octanol–water partition coefficient (Wildman–Crippen LogP) is -7.41. The number of aliphatic hydroxyl groups excluding tert-OH is 8. The lowest BCUT2D eigenvalue weighted by molar-refractivity contribution is -0.254. The molecule has 12 N–H and O–H groups in total. The number of carbonyl (C=O) groups excluding carboxylic acids is 2. The highest BCUT2D eigenvalue weighted by molar-refractivity contribution is 7.80. The number of hydrogen-bond acceptors (Lipinski definition) is 16. The lowest BCUT2D eigenvalue weighted by Crippen LogP contribution is -2.66. The van der Waals surface area contributed by atoms with Crippen LogP contribution in [0.2, 0.25) is 0 Å². The van der Waals surface area contributed by atoms with Crippen LogP contribution in [0, 0.1) is 0 Å². The Morgan fingerprint density at radius 2 is 1.00 bits per heavy atom. The smallest absolute Gasteiger partial charge is 0.238 e. The lowest BCUT2D eigenvalue weighted by atomic mass is 9.97. The highest BCUT2D eigenvalue weighted by Crippen LogP contribution is 2.21. The van der Waals surface area contributed by atoms with E-state index in [1.165, 1.54) is 0 Å². The van der Waals surface area contributed by atoms with Crippen LogP contribution < -0.4 is 21.3 Å². The second kappa shape index (κ2) is 15.8. The maximum absolute atomic E-state index is 12.6. The van der Waals surface area contributed by atoms with Gasteiger partial charge in [-0.15, -0.1) is 0 Å². The molecule has 12 atom stereocenters. The number of aliphatic hydroxyl groups is 8. The van der Waals surface area contributed by atoms with Crippen LogP contribution in [0.25, 0.3) is 0 Å². The van der Waals surface area contributed by atoms with Gasteiger partial charge in [0.05, 0.1) is 25.3 Å². The van der Waals surface area contributed by atoms with E-state index in [0.717, 1.165) is 0 Å². The van der Waals surface area contributed by atoms with Crippen molar-refractivity contribution in [2.45, 2.75) is 73.4 Å². The average Bonchev–Trinajstić information content (AvgIpc) is 2.90. The molecule has 2 aliphatic rings. The van der Waals surface area contributed by atoms with Crippen molar-refractivity contribution in [2.24, 2.45) is 0 Å². The van der Waals surface area contributed by atoms with E-state index in [4.69, 9.17) is 19.7 Å². The minimum absolute atomic E-state index is 0.0124. The van der Waals surface area contributed by atoms with E-state index >= 15 is 0 Å². The number of ether oxygens (including phenoxy) is 2. The van der Waals surface area contributed by atoms with Crippen molar-refractivity contribution in [2.75, 3.05) is 37.8 Å². The number of carbonyl (C=O) groups is 2. The van der Waals surface area contributed by atoms with Crippen molar-refractivity contribution in [1.82, 2.24) is 21.3 Å². The van der Waals surface area contributed by atoms with Crippen molar-refractivity contribution in [3.8, 4) is 0 Å². The van der Waals surface area contributed by atoms with Crippen LogP contribution in [0.5, 0.6) is 0 Å². The molecule has 0 aromatic rings. The minimum atomic E-state index is -1.67. The third-order valence-electron chi connectivity index (χ3n) is 6.32. The summed E-state index contributed by atoms with van der Waals surface area (Å²) in [7, 11) is 0. The molecule has 2 saturated heterocycles. The molecule has 2 unspecified atom stereocenters. The van der Waals surface area contributed by atoms with Crippen LogP contribution in [0.4, 0.5) is 0 Å². The number of thiol groups is 2. The standard InChI is InChI=1S/C20H38N4O12S2/c25-3-9-13(27)15(29)11(19(33)35-9)23-17(31)7(5-37)21-1-2-22-8(6-38)18(32)24-12-16(30)14(28)10(4-26)36-20(12)34/h7-16,19-22,25-30,33-34,37-38H,1-6H2,(H,23,31)(H,24,32)/t7-,8-,9+,10+,11+,12+,13+,14+,15+,16+,19?,20?/m0/s1. The van der Waals surface area contributed by atoms with E-state index in [2.05, 4.69) is 46.5 Å². The molecule has 0 saturated carbocycles. The molecule has 2 aliphatic heterocycles. The van der Waals surface area contributed by atoms with Gasteiger partial charge >= 0.3 is 0 Å². The molecule has 2 rings (SSSR count).